The molecule has 3 heteroatoms. The minimum atomic E-state index is -0.502. The van der Waals surface area contributed by atoms with Gasteiger partial charge in [-0.25, -0.2) is 0 Å². The molecule has 0 aromatic carbocycles. The monoisotopic (exact) mass is 321 g/mol. The van der Waals surface area contributed by atoms with Crippen LogP contribution in [-0.2, 0) is 0 Å². The molecule has 1 aliphatic rings. The van der Waals surface area contributed by atoms with Crippen LogP contribution in [0.25, 0.3) is 0 Å². The fraction of sp³-hybridized carbons (Fsp3) is 1.00. The van der Waals surface area contributed by atoms with E-state index in [1.807, 2.05) is 6.92 Å². The Kier molecular flexibility index (Phi) is 8.74. The summed E-state index contributed by atoms with van der Waals surface area (Å²) in [4.78, 5) is 0. The molecule has 1 aliphatic carbocycles. The van der Waals surface area contributed by atoms with Gasteiger partial charge in [0.1, 0.15) is 0 Å². The van der Waals surface area contributed by atoms with Crippen molar-refractivity contribution in [3.63, 3.8) is 0 Å². The lowest BCUT2D eigenvalue weighted by molar-refractivity contribution is -0.0302. The number of halogens is 1. The average Bonchev–Trinajstić information content (AvgIpc) is 2.25. The van der Waals surface area contributed by atoms with Crippen molar-refractivity contribution in [1.82, 2.24) is 5.32 Å². The van der Waals surface area contributed by atoms with Crippen molar-refractivity contribution in [3.05, 3.63) is 0 Å². The van der Waals surface area contributed by atoms with Crippen molar-refractivity contribution in [2.24, 2.45) is 11.8 Å². The van der Waals surface area contributed by atoms with Gasteiger partial charge in [0.05, 0.1) is 5.60 Å². The van der Waals surface area contributed by atoms with Crippen LogP contribution in [0.1, 0.15) is 66.2 Å². The van der Waals surface area contributed by atoms with Gasteiger partial charge < -0.3 is 10.4 Å². The topological polar surface area (TPSA) is 32.3 Å². The molecule has 0 spiro atoms. The van der Waals surface area contributed by atoms with Crippen molar-refractivity contribution in [2.45, 2.75) is 77.9 Å². The van der Waals surface area contributed by atoms with E-state index in [9.17, 15) is 5.11 Å². The summed E-state index contributed by atoms with van der Waals surface area (Å²) in [6.45, 7) is 9.89. The Morgan fingerprint density at radius 1 is 1.33 bits per heavy atom. The van der Waals surface area contributed by atoms with E-state index in [2.05, 4.69) is 26.1 Å². The quantitative estimate of drug-likeness (QED) is 0.727. The zero-order valence-corrected chi connectivity index (χ0v) is 14.3. The zero-order valence-electron chi connectivity index (χ0n) is 12.5. The van der Waals surface area contributed by atoms with E-state index in [-0.39, 0.29) is 17.0 Å². The van der Waals surface area contributed by atoms with Gasteiger partial charge in [0.2, 0.25) is 0 Å². The normalized spacial score (nSPS) is 32.3. The molecule has 18 heavy (non-hydrogen) atoms. The van der Waals surface area contributed by atoms with E-state index in [0.717, 1.165) is 31.2 Å². The van der Waals surface area contributed by atoms with Gasteiger partial charge in [-0.05, 0) is 51.0 Å². The van der Waals surface area contributed by atoms with Crippen LogP contribution < -0.4 is 5.32 Å². The molecule has 0 aromatic heterocycles. The van der Waals surface area contributed by atoms with E-state index < -0.39 is 5.60 Å². The largest absolute Gasteiger partial charge is 0.389 e. The third kappa shape index (κ3) is 5.58. The lowest BCUT2D eigenvalue weighted by atomic mass is 9.72. The van der Waals surface area contributed by atoms with E-state index in [1.165, 1.54) is 25.7 Å². The highest BCUT2D eigenvalue weighted by atomic mass is 79.9. The van der Waals surface area contributed by atoms with Crippen LogP contribution >= 0.6 is 17.0 Å². The predicted octanol–water partition coefficient (Wildman–Crippen LogP) is 3.92. The van der Waals surface area contributed by atoms with Crippen LogP contribution in [0, 0.1) is 11.8 Å². The van der Waals surface area contributed by atoms with Gasteiger partial charge in [-0.15, -0.1) is 17.0 Å². The average molecular weight is 322 g/mol. The summed E-state index contributed by atoms with van der Waals surface area (Å²) in [6, 6.07) is 0.292. The third-order valence-electron chi connectivity index (χ3n) is 4.42. The Bertz CT molecular complexity index is 219. The first-order chi connectivity index (χ1) is 7.97. The summed E-state index contributed by atoms with van der Waals surface area (Å²) in [7, 11) is 0. The van der Waals surface area contributed by atoms with Crippen LogP contribution in [0.2, 0.25) is 0 Å². The van der Waals surface area contributed by atoms with Gasteiger partial charge in [-0.2, -0.15) is 0 Å². The molecule has 0 aromatic rings. The zero-order chi connectivity index (χ0) is 12.9. The molecule has 2 nitrogen and oxygen atoms in total. The smallest absolute Gasteiger partial charge is 0.0772 e. The molecule has 2 N–H and O–H groups in total. The van der Waals surface area contributed by atoms with Gasteiger partial charge in [-0.3, -0.25) is 0 Å². The SMILES string of the molecule is Br.CCCCCNC1CC(C(C)C)CCC1(C)O. The Balaban J connectivity index is 0.00000289. The molecule has 3 unspecified atom stereocenters. The first-order valence-electron chi connectivity index (χ1n) is 7.43. The number of aliphatic hydroxyl groups is 1. The first kappa shape index (κ1) is 18.4. The fourth-order valence-corrected chi connectivity index (χ4v) is 2.89. The number of nitrogens with one attached hydrogen (secondary N) is 1. The maximum atomic E-state index is 10.4. The molecule has 3 atom stereocenters. The highest BCUT2D eigenvalue weighted by molar-refractivity contribution is 8.93. The molecule has 0 aliphatic heterocycles. The number of hydrogen-bond acceptors (Lipinski definition) is 2. The molecule has 110 valence electrons. The predicted molar refractivity (Wildman–Crippen MR) is 84.4 cm³/mol. The molecule has 1 fully saturated rings. The van der Waals surface area contributed by atoms with Crippen LogP contribution in [0.3, 0.4) is 0 Å². The van der Waals surface area contributed by atoms with Crippen molar-refractivity contribution >= 4 is 17.0 Å². The molecule has 0 amide bonds. The Morgan fingerprint density at radius 2 is 2.00 bits per heavy atom. The van der Waals surface area contributed by atoms with Gasteiger partial charge in [0, 0.05) is 6.04 Å². The second-order valence-corrected chi connectivity index (χ2v) is 6.35. The van der Waals surface area contributed by atoms with Crippen LogP contribution in [0.5, 0.6) is 0 Å². The van der Waals surface area contributed by atoms with Crippen LogP contribution in [0.4, 0.5) is 0 Å². The molecular formula is C15H32BrNO. The van der Waals surface area contributed by atoms with Crippen molar-refractivity contribution in [3.8, 4) is 0 Å². The lowest BCUT2D eigenvalue weighted by Gasteiger charge is -2.42. The second-order valence-electron chi connectivity index (χ2n) is 6.35. The number of hydrogen-bond donors (Lipinski definition) is 2. The van der Waals surface area contributed by atoms with Gasteiger partial charge in [0.25, 0.3) is 0 Å². The third-order valence-corrected chi connectivity index (χ3v) is 4.42. The lowest BCUT2D eigenvalue weighted by Crippen LogP contribution is -2.53. The molecule has 1 rings (SSSR count). The van der Waals surface area contributed by atoms with E-state index in [1.54, 1.807) is 0 Å². The number of unbranched alkanes of at least 4 members (excludes halogenated alkanes) is 2. The summed E-state index contributed by atoms with van der Waals surface area (Å²) in [6.07, 6.45) is 7.04. The van der Waals surface area contributed by atoms with E-state index in [0.29, 0.717) is 6.04 Å². The summed E-state index contributed by atoms with van der Waals surface area (Å²) in [5.41, 5.74) is -0.502. The summed E-state index contributed by atoms with van der Waals surface area (Å²) in [5.74, 6) is 1.52. The van der Waals surface area contributed by atoms with Crippen molar-refractivity contribution < 1.29 is 5.11 Å². The molecular weight excluding hydrogens is 290 g/mol. The minimum absolute atomic E-state index is 0. The van der Waals surface area contributed by atoms with Crippen molar-refractivity contribution in [2.75, 3.05) is 6.54 Å². The Labute approximate surface area is 124 Å². The van der Waals surface area contributed by atoms with Crippen LogP contribution in [-0.4, -0.2) is 23.3 Å². The van der Waals surface area contributed by atoms with Gasteiger partial charge in [-0.1, -0.05) is 33.6 Å². The number of rotatable bonds is 6. The highest BCUT2D eigenvalue weighted by Crippen LogP contribution is 2.35. The minimum Gasteiger partial charge on any atom is -0.389 e. The maximum Gasteiger partial charge on any atom is 0.0772 e. The Morgan fingerprint density at radius 3 is 2.56 bits per heavy atom. The highest BCUT2D eigenvalue weighted by Gasteiger charge is 2.38. The van der Waals surface area contributed by atoms with Gasteiger partial charge in [0.15, 0.2) is 0 Å². The second kappa shape index (κ2) is 8.55. The van der Waals surface area contributed by atoms with E-state index in [4.69, 9.17) is 0 Å². The molecule has 0 heterocycles. The standard InChI is InChI=1S/C15H31NO.BrH/c1-5-6-7-10-16-14-11-13(12(2)3)8-9-15(14,4)17;/h12-14,16-17H,5-11H2,1-4H3;1H. The van der Waals surface area contributed by atoms with Crippen molar-refractivity contribution in [1.29, 1.82) is 0 Å². The summed E-state index contributed by atoms with van der Waals surface area (Å²) < 4.78 is 0. The summed E-state index contributed by atoms with van der Waals surface area (Å²) in [5, 5.41) is 14.0. The summed E-state index contributed by atoms with van der Waals surface area (Å²) >= 11 is 0. The van der Waals surface area contributed by atoms with Crippen LogP contribution in [0.15, 0.2) is 0 Å². The molecule has 0 saturated heterocycles. The first-order valence-corrected chi connectivity index (χ1v) is 7.43. The molecule has 1 saturated carbocycles. The van der Waals surface area contributed by atoms with E-state index >= 15 is 0 Å². The molecule has 0 bridgehead atoms. The maximum absolute atomic E-state index is 10.4. The van der Waals surface area contributed by atoms with Gasteiger partial charge >= 0.3 is 0 Å². The fourth-order valence-electron chi connectivity index (χ4n) is 2.89. The molecule has 0 radical (unpaired) electrons. The Hall–Kier alpha value is 0.400.